The van der Waals surface area contributed by atoms with Crippen molar-refractivity contribution in [2.75, 3.05) is 36.8 Å². The molecule has 126 valence electrons. The van der Waals surface area contributed by atoms with E-state index in [4.69, 9.17) is 0 Å². The van der Waals surface area contributed by atoms with Crippen LogP contribution < -0.4 is 4.90 Å². The lowest BCUT2D eigenvalue weighted by atomic mass is 10.2. The lowest BCUT2D eigenvalue weighted by Gasteiger charge is -2.34. The Morgan fingerprint density at radius 3 is 2.42 bits per heavy atom. The first-order valence-electron chi connectivity index (χ1n) is 8.24. The van der Waals surface area contributed by atoms with Crippen molar-refractivity contribution >= 4 is 23.6 Å². The number of amides is 1. The molecule has 5 nitrogen and oxygen atoms in total. The van der Waals surface area contributed by atoms with Crippen LogP contribution in [0, 0.1) is 0 Å². The quantitative estimate of drug-likeness (QED) is 0.755. The van der Waals surface area contributed by atoms with E-state index in [9.17, 15) is 4.79 Å². The Kier molecular flexibility index (Phi) is 6.07. The zero-order chi connectivity index (χ0) is 16.6. The van der Waals surface area contributed by atoms with Crippen LogP contribution in [0.2, 0.25) is 0 Å². The van der Waals surface area contributed by atoms with Crippen LogP contribution in [0.3, 0.4) is 0 Å². The summed E-state index contributed by atoms with van der Waals surface area (Å²) in [5.41, 5.74) is 1.31. The molecule has 1 aromatic carbocycles. The van der Waals surface area contributed by atoms with Crippen LogP contribution in [0.1, 0.15) is 12.0 Å². The number of carbonyl (C=O) groups excluding carboxylic acids is 1. The number of carbonyl (C=O) groups is 1. The van der Waals surface area contributed by atoms with Crippen LogP contribution >= 0.6 is 11.8 Å². The molecule has 0 saturated carbocycles. The molecule has 1 saturated heterocycles. The zero-order valence-corrected chi connectivity index (χ0v) is 14.5. The van der Waals surface area contributed by atoms with E-state index in [0.717, 1.165) is 43.6 Å². The fourth-order valence-corrected chi connectivity index (χ4v) is 3.58. The molecule has 1 fully saturated rings. The number of nitrogens with zero attached hydrogens (tertiary/aromatic N) is 4. The lowest BCUT2D eigenvalue weighted by Crippen LogP contribution is -2.49. The summed E-state index contributed by atoms with van der Waals surface area (Å²) in [6, 6.07) is 12.2. The number of hydrogen-bond acceptors (Lipinski definition) is 5. The monoisotopic (exact) mass is 342 g/mol. The summed E-state index contributed by atoms with van der Waals surface area (Å²) in [5, 5.41) is 0. The molecule has 6 heteroatoms. The number of benzene rings is 1. The number of thioether (sulfide) groups is 1. The highest BCUT2D eigenvalue weighted by Crippen LogP contribution is 2.15. The molecule has 0 radical (unpaired) electrons. The second-order valence-corrected chi connectivity index (χ2v) is 6.81. The highest BCUT2D eigenvalue weighted by molar-refractivity contribution is 7.98. The van der Waals surface area contributed by atoms with Gasteiger partial charge in [0, 0.05) is 56.5 Å². The Morgan fingerprint density at radius 2 is 1.71 bits per heavy atom. The topological polar surface area (TPSA) is 49.3 Å². The molecule has 0 aliphatic carbocycles. The van der Waals surface area contributed by atoms with E-state index in [2.05, 4.69) is 39.1 Å². The molecule has 0 atom stereocenters. The summed E-state index contributed by atoms with van der Waals surface area (Å²) in [6.07, 6.45) is 4.12. The van der Waals surface area contributed by atoms with Gasteiger partial charge in [-0.25, -0.2) is 9.97 Å². The molecule has 1 aliphatic heterocycles. The summed E-state index contributed by atoms with van der Waals surface area (Å²) in [5.74, 6) is 2.84. The van der Waals surface area contributed by atoms with E-state index in [-0.39, 0.29) is 5.91 Å². The average molecular weight is 342 g/mol. The van der Waals surface area contributed by atoms with Gasteiger partial charge in [-0.05, 0) is 11.6 Å². The average Bonchev–Trinajstić information content (AvgIpc) is 2.67. The summed E-state index contributed by atoms with van der Waals surface area (Å²) in [7, 11) is 0. The first-order chi connectivity index (χ1) is 11.8. The highest BCUT2D eigenvalue weighted by Gasteiger charge is 2.21. The molecular formula is C18H22N4OS. The first-order valence-corrected chi connectivity index (χ1v) is 9.40. The first kappa shape index (κ1) is 16.8. The molecule has 0 bridgehead atoms. The molecule has 1 aliphatic rings. The van der Waals surface area contributed by atoms with Crippen molar-refractivity contribution in [3.05, 3.63) is 54.4 Å². The van der Waals surface area contributed by atoms with Crippen LogP contribution in [0.5, 0.6) is 0 Å². The van der Waals surface area contributed by atoms with Crippen LogP contribution in [0.15, 0.2) is 48.8 Å². The van der Waals surface area contributed by atoms with Gasteiger partial charge in [-0.3, -0.25) is 4.79 Å². The third-order valence-electron chi connectivity index (χ3n) is 4.04. The minimum absolute atomic E-state index is 0.254. The van der Waals surface area contributed by atoms with Gasteiger partial charge in [-0.15, -0.1) is 0 Å². The van der Waals surface area contributed by atoms with Gasteiger partial charge >= 0.3 is 0 Å². The van der Waals surface area contributed by atoms with Crippen molar-refractivity contribution in [3.8, 4) is 0 Å². The zero-order valence-electron chi connectivity index (χ0n) is 13.7. The second-order valence-electron chi connectivity index (χ2n) is 5.70. The maximum atomic E-state index is 12.3. The number of anilines is 1. The van der Waals surface area contributed by atoms with Gasteiger partial charge in [0.05, 0.1) is 0 Å². The van der Waals surface area contributed by atoms with Gasteiger partial charge in [0.2, 0.25) is 11.9 Å². The van der Waals surface area contributed by atoms with E-state index in [1.807, 2.05) is 28.8 Å². The van der Waals surface area contributed by atoms with Crippen LogP contribution in [0.4, 0.5) is 5.95 Å². The molecule has 3 rings (SSSR count). The molecule has 0 spiro atoms. The molecule has 0 N–H and O–H groups in total. The normalized spacial score (nSPS) is 14.7. The minimum Gasteiger partial charge on any atom is -0.339 e. The van der Waals surface area contributed by atoms with Crippen molar-refractivity contribution in [2.45, 2.75) is 12.2 Å². The maximum Gasteiger partial charge on any atom is 0.225 e. The van der Waals surface area contributed by atoms with Crippen LogP contribution in [-0.4, -0.2) is 52.7 Å². The van der Waals surface area contributed by atoms with Gasteiger partial charge < -0.3 is 9.80 Å². The SMILES string of the molecule is O=C(CCSCc1ccccc1)N1CCN(c2ncccn2)CC1. The molecular weight excluding hydrogens is 320 g/mol. The largest absolute Gasteiger partial charge is 0.339 e. The molecule has 1 aromatic heterocycles. The van der Waals surface area contributed by atoms with Gasteiger partial charge in [-0.2, -0.15) is 11.8 Å². The van der Waals surface area contributed by atoms with Gasteiger partial charge in [0.25, 0.3) is 0 Å². The van der Waals surface area contributed by atoms with E-state index >= 15 is 0 Å². The van der Waals surface area contributed by atoms with E-state index in [0.29, 0.717) is 6.42 Å². The fraction of sp³-hybridized carbons (Fsp3) is 0.389. The Balaban J connectivity index is 1.36. The Labute approximate surface area is 147 Å². The predicted octanol–water partition coefficient (Wildman–Crippen LogP) is 2.45. The van der Waals surface area contributed by atoms with Crippen molar-refractivity contribution in [3.63, 3.8) is 0 Å². The van der Waals surface area contributed by atoms with Gasteiger partial charge in [-0.1, -0.05) is 30.3 Å². The van der Waals surface area contributed by atoms with Crippen molar-refractivity contribution in [2.24, 2.45) is 0 Å². The standard InChI is InChI=1S/C18H22N4OS/c23-17(7-14-24-15-16-5-2-1-3-6-16)21-10-12-22(13-11-21)18-19-8-4-9-20-18/h1-6,8-9H,7,10-15H2. The molecule has 1 amide bonds. The summed E-state index contributed by atoms with van der Waals surface area (Å²) < 4.78 is 0. The number of hydrogen-bond donors (Lipinski definition) is 0. The van der Waals surface area contributed by atoms with Crippen molar-refractivity contribution < 1.29 is 4.79 Å². The second kappa shape index (κ2) is 8.68. The van der Waals surface area contributed by atoms with Crippen LogP contribution in [-0.2, 0) is 10.5 Å². The van der Waals surface area contributed by atoms with E-state index < -0.39 is 0 Å². The molecule has 24 heavy (non-hydrogen) atoms. The molecule has 2 heterocycles. The van der Waals surface area contributed by atoms with Gasteiger partial charge in [0.15, 0.2) is 0 Å². The maximum absolute atomic E-state index is 12.3. The lowest BCUT2D eigenvalue weighted by molar-refractivity contribution is -0.131. The smallest absolute Gasteiger partial charge is 0.225 e. The third-order valence-corrected chi connectivity index (χ3v) is 5.07. The summed E-state index contributed by atoms with van der Waals surface area (Å²) >= 11 is 1.82. The van der Waals surface area contributed by atoms with E-state index in [1.54, 1.807) is 12.4 Å². The minimum atomic E-state index is 0.254. The third kappa shape index (κ3) is 4.71. The Hall–Kier alpha value is -2.08. The Bertz CT molecular complexity index is 630. The summed E-state index contributed by atoms with van der Waals surface area (Å²) in [4.78, 5) is 24.9. The highest BCUT2D eigenvalue weighted by atomic mass is 32.2. The summed E-state index contributed by atoms with van der Waals surface area (Å²) in [6.45, 7) is 3.10. The number of piperazine rings is 1. The number of rotatable bonds is 6. The van der Waals surface area contributed by atoms with Gasteiger partial charge in [0.1, 0.15) is 0 Å². The number of aromatic nitrogens is 2. The molecule has 0 unspecified atom stereocenters. The van der Waals surface area contributed by atoms with Crippen molar-refractivity contribution in [1.29, 1.82) is 0 Å². The van der Waals surface area contributed by atoms with E-state index in [1.165, 1.54) is 5.56 Å². The Morgan fingerprint density at radius 1 is 1.00 bits per heavy atom. The fourth-order valence-electron chi connectivity index (χ4n) is 2.69. The van der Waals surface area contributed by atoms with Crippen molar-refractivity contribution in [1.82, 2.24) is 14.9 Å². The predicted molar refractivity (Wildman–Crippen MR) is 98.0 cm³/mol. The molecule has 2 aromatic rings. The van der Waals surface area contributed by atoms with Crippen LogP contribution in [0.25, 0.3) is 0 Å².